The molecule has 1 aromatic heterocycles. The SMILES string of the molecule is O=c1[nH]nc(N/N=C/c2ccccc2O)c2ccccc12. The van der Waals surface area contributed by atoms with E-state index in [4.69, 9.17) is 0 Å². The molecule has 104 valence electrons. The van der Waals surface area contributed by atoms with Crippen molar-refractivity contribution in [2.75, 3.05) is 5.43 Å². The Hall–Kier alpha value is -3.15. The maximum absolute atomic E-state index is 11.7. The highest BCUT2D eigenvalue weighted by atomic mass is 16.3. The maximum Gasteiger partial charge on any atom is 0.272 e. The van der Waals surface area contributed by atoms with Crippen LogP contribution in [0.15, 0.2) is 58.4 Å². The number of anilines is 1. The van der Waals surface area contributed by atoms with Crippen LogP contribution in [0.1, 0.15) is 5.56 Å². The van der Waals surface area contributed by atoms with Crippen molar-refractivity contribution in [2.24, 2.45) is 5.10 Å². The van der Waals surface area contributed by atoms with Gasteiger partial charge in [0.25, 0.3) is 5.56 Å². The third kappa shape index (κ3) is 2.59. The van der Waals surface area contributed by atoms with E-state index in [0.717, 1.165) is 0 Å². The Balaban J connectivity index is 1.91. The van der Waals surface area contributed by atoms with Gasteiger partial charge in [-0.25, -0.2) is 5.10 Å². The first-order chi connectivity index (χ1) is 10.3. The van der Waals surface area contributed by atoms with Crippen molar-refractivity contribution in [1.29, 1.82) is 0 Å². The molecule has 6 heteroatoms. The molecule has 21 heavy (non-hydrogen) atoms. The quantitative estimate of drug-likeness (QED) is 0.506. The van der Waals surface area contributed by atoms with Gasteiger partial charge >= 0.3 is 0 Å². The average molecular weight is 280 g/mol. The monoisotopic (exact) mass is 280 g/mol. The molecule has 0 aliphatic rings. The Kier molecular flexibility index (Phi) is 3.34. The third-order valence-corrected chi connectivity index (χ3v) is 3.01. The molecule has 0 aliphatic carbocycles. The van der Waals surface area contributed by atoms with Gasteiger partial charge in [-0.1, -0.05) is 30.3 Å². The summed E-state index contributed by atoms with van der Waals surface area (Å²) in [5.41, 5.74) is 3.10. The second-order valence-electron chi connectivity index (χ2n) is 4.38. The number of aromatic hydroxyl groups is 1. The van der Waals surface area contributed by atoms with Crippen molar-refractivity contribution >= 4 is 22.8 Å². The Morgan fingerprint density at radius 1 is 1.10 bits per heavy atom. The molecule has 0 amide bonds. The molecule has 0 saturated heterocycles. The number of hydrogen-bond donors (Lipinski definition) is 3. The first-order valence-corrected chi connectivity index (χ1v) is 6.30. The van der Waals surface area contributed by atoms with Crippen LogP contribution >= 0.6 is 0 Å². The number of benzene rings is 2. The molecule has 0 atom stereocenters. The number of hydrazone groups is 1. The van der Waals surface area contributed by atoms with Crippen LogP contribution in [-0.4, -0.2) is 21.5 Å². The zero-order valence-electron chi connectivity index (χ0n) is 10.9. The number of H-pyrrole nitrogens is 1. The zero-order chi connectivity index (χ0) is 14.7. The number of phenols is 1. The highest BCUT2D eigenvalue weighted by Gasteiger charge is 2.04. The molecule has 0 fully saturated rings. The van der Waals surface area contributed by atoms with Gasteiger partial charge in [-0.15, -0.1) is 0 Å². The van der Waals surface area contributed by atoms with E-state index in [1.165, 1.54) is 6.21 Å². The molecule has 6 nitrogen and oxygen atoms in total. The lowest BCUT2D eigenvalue weighted by Gasteiger charge is -2.03. The summed E-state index contributed by atoms with van der Waals surface area (Å²) in [5, 5.41) is 21.2. The number of rotatable bonds is 3. The van der Waals surface area contributed by atoms with E-state index in [1.807, 2.05) is 6.07 Å². The molecule has 1 heterocycles. The first-order valence-electron chi connectivity index (χ1n) is 6.30. The molecule has 3 N–H and O–H groups in total. The highest BCUT2D eigenvalue weighted by Crippen LogP contribution is 2.17. The molecule has 0 aliphatic heterocycles. The lowest BCUT2D eigenvalue weighted by atomic mass is 10.2. The lowest BCUT2D eigenvalue weighted by Crippen LogP contribution is -2.10. The topological polar surface area (TPSA) is 90.4 Å². The largest absolute Gasteiger partial charge is 0.507 e. The number of para-hydroxylation sites is 1. The lowest BCUT2D eigenvalue weighted by molar-refractivity contribution is 0.474. The molecular weight excluding hydrogens is 268 g/mol. The second kappa shape index (κ2) is 5.46. The Morgan fingerprint density at radius 3 is 2.62 bits per heavy atom. The molecule has 0 unspecified atom stereocenters. The van der Waals surface area contributed by atoms with Crippen LogP contribution < -0.4 is 11.0 Å². The van der Waals surface area contributed by atoms with Crippen LogP contribution in [0.25, 0.3) is 10.8 Å². The van der Waals surface area contributed by atoms with Crippen molar-refractivity contribution in [3.05, 3.63) is 64.4 Å². The van der Waals surface area contributed by atoms with Crippen LogP contribution in [-0.2, 0) is 0 Å². The molecule has 0 spiro atoms. The standard InChI is InChI=1S/C15H12N4O2/c20-13-8-4-1-5-10(13)9-16-17-14-11-6-2-3-7-12(11)15(21)19-18-14/h1-9,20H,(H,17,18)(H,19,21)/b16-9+. The van der Waals surface area contributed by atoms with Gasteiger partial charge in [0.05, 0.1) is 11.6 Å². The van der Waals surface area contributed by atoms with Crippen molar-refractivity contribution in [3.63, 3.8) is 0 Å². The van der Waals surface area contributed by atoms with Crippen molar-refractivity contribution in [1.82, 2.24) is 10.2 Å². The van der Waals surface area contributed by atoms with Gasteiger partial charge in [0.15, 0.2) is 5.82 Å². The number of aromatic nitrogens is 2. The summed E-state index contributed by atoms with van der Waals surface area (Å²) < 4.78 is 0. The van der Waals surface area contributed by atoms with Crippen LogP contribution in [0.3, 0.4) is 0 Å². The van der Waals surface area contributed by atoms with Crippen molar-refractivity contribution < 1.29 is 5.11 Å². The summed E-state index contributed by atoms with van der Waals surface area (Å²) in [6, 6.07) is 14.0. The Morgan fingerprint density at radius 2 is 1.81 bits per heavy atom. The van der Waals surface area contributed by atoms with Crippen molar-refractivity contribution in [2.45, 2.75) is 0 Å². The van der Waals surface area contributed by atoms with Crippen LogP contribution in [0.4, 0.5) is 5.82 Å². The number of phenolic OH excluding ortho intramolecular Hbond substituents is 1. The van der Waals surface area contributed by atoms with Gasteiger partial charge in [0.2, 0.25) is 0 Å². The number of nitrogens with one attached hydrogen (secondary N) is 2. The molecule has 3 rings (SSSR count). The fourth-order valence-corrected chi connectivity index (χ4v) is 1.96. The summed E-state index contributed by atoms with van der Waals surface area (Å²) in [4.78, 5) is 11.7. The predicted octanol–water partition coefficient (Wildman–Crippen LogP) is 2.07. The van der Waals surface area contributed by atoms with E-state index < -0.39 is 0 Å². The normalized spacial score (nSPS) is 11.0. The summed E-state index contributed by atoms with van der Waals surface area (Å²) in [6.45, 7) is 0. The molecule has 0 radical (unpaired) electrons. The molecule has 2 aromatic carbocycles. The van der Waals surface area contributed by atoms with E-state index in [-0.39, 0.29) is 11.3 Å². The molecule has 0 bridgehead atoms. The highest BCUT2D eigenvalue weighted by molar-refractivity contribution is 5.91. The van der Waals surface area contributed by atoms with E-state index >= 15 is 0 Å². The number of aromatic amines is 1. The molecular formula is C15H12N4O2. The first kappa shape index (κ1) is 12.9. The van der Waals surface area contributed by atoms with Gasteiger partial charge in [-0.2, -0.15) is 10.2 Å². The average Bonchev–Trinajstić information content (AvgIpc) is 2.52. The summed E-state index contributed by atoms with van der Waals surface area (Å²) in [6.07, 6.45) is 1.48. The van der Waals surface area contributed by atoms with Gasteiger partial charge in [0, 0.05) is 10.9 Å². The summed E-state index contributed by atoms with van der Waals surface area (Å²) in [7, 11) is 0. The summed E-state index contributed by atoms with van der Waals surface area (Å²) in [5.74, 6) is 0.583. The van der Waals surface area contributed by atoms with E-state index in [1.54, 1.807) is 42.5 Å². The third-order valence-electron chi connectivity index (χ3n) is 3.01. The van der Waals surface area contributed by atoms with Crippen LogP contribution in [0.5, 0.6) is 5.75 Å². The van der Waals surface area contributed by atoms with Gasteiger partial charge in [-0.3, -0.25) is 10.2 Å². The van der Waals surface area contributed by atoms with Gasteiger partial charge in [0.1, 0.15) is 5.75 Å². The Labute approximate surface area is 119 Å². The van der Waals surface area contributed by atoms with E-state index in [9.17, 15) is 9.90 Å². The predicted molar refractivity (Wildman–Crippen MR) is 81.7 cm³/mol. The van der Waals surface area contributed by atoms with Gasteiger partial charge < -0.3 is 5.11 Å². The number of fused-ring (bicyclic) bond motifs is 1. The zero-order valence-corrected chi connectivity index (χ0v) is 10.9. The minimum Gasteiger partial charge on any atom is -0.507 e. The smallest absolute Gasteiger partial charge is 0.272 e. The fourth-order valence-electron chi connectivity index (χ4n) is 1.96. The van der Waals surface area contributed by atoms with Gasteiger partial charge in [-0.05, 0) is 18.2 Å². The molecule has 0 saturated carbocycles. The second-order valence-corrected chi connectivity index (χ2v) is 4.38. The minimum atomic E-state index is -0.249. The van der Waals surface area contributed by atoms with E-state index in [0.29, 0.717) is 22.2 Å². The Bertz CT molecular complexity index is 871. The maximum atomic E-state index is 11.7. The number of hydrogen-bond acceptors (Lipinski definition) is 5. The summed E-state index contributed by atoms with van der Waals surface area (Å²) >= 11 is 0. The van der Waals surface area contributed by atoms with Crippen molar-refractivity contribution in [3.8, 4) is 5.75 Å². The van der Waals surface area contributed by atoms with Crippen LogP contribution in [0, 0.1) is 0 Å². The molecule has 3 aromatic rings. The van der Waals surface area contributed by atoms with Crippen LogP contribution in [0.2, 0.25) is 0 Å². The minimum absolute atomic E-state index is 0.141. The van der Waals surface area contributed by atoms with E-state index in [2.05, 4.69) is 20.7 Å². The fraction of sp³-hybridized carbons (Fsp3) is 0. The number of nitrogens with zero attached hydrogens (tertiary/aromatic N) is 2.